The van der Waals surface area contributed by atoms with Crippen LogP contribution in [-0.4, -0.2) is 38.3 Å². The van der Waals surface area contributed by atoms with Crippen molar-refractivity contribution < 1.29 is 19.0 Å². The summed E-state index contributed by atoms with van der Waals surface area (Å²) in [5, 5.41) is 2.30. The third-order valence-corrected chi connectivity index (χ3v) is 9.83. The number of carbonyl (C=O) groups excluding carboxylic acids is 1. The Balaban J connectivity index is 1.39. The van der Waals surface area contributed by atoms with Gasteiger partial charge in [-0.05, 0) is 94.2 Å². The zero-order valence-electron chi connectivity index (χ0n) is 26.7. The van der Waals surface area contributed by atoms with Gasteiger partial charge in [-0.3, -0.25) is 9.36 Å². The average molecular weight is 760 g/mol. The van der Waals surface area contributed by atoms with Gasteiger partial charge in [-0.15, -0.1) is 0 Å². The Bertz CT molecular complexity index is 2200. The van der Waals surface area contributed by atoms with Crippen molar-refractivity contribution in [2.75, 3.05) is 32.7 Å². The van der Waals surface area contributed by atoms with Gasteiger partial charge >= 0.3 is 5.97 Å². The maximum absolute atomic E-state index is 14.1. The molecule has 0 fully saturated rings. The number of ether oxygens (including phenoxy) is 3. The van der Waals surface area contributed by atoms with Crippen LogP contribution in [0.2, 0.25) is 0 Å². The van der Waals surface area contributed by atoms with E-state index in [1.165, 1.54) is 11.3 Å². The van der Waals surface area contributed by atoms with Crippen molar-refractivity contribution in [1.29, 1.82) is 0 Å². The minimum absolute atomic E-state index is 0.217. The second kappa shape index (κ2) is 13.7. The van der Waals surface area contributed by atoms with E-state index in [0.717, 1.165) is 36.7 Å². The number of anilines is 1. The van der Waals surface area contributed by atoms with Crippen LogP contribution in [0.1, 0.15) is 36.6 Å². The zero-order valence-corrected chi connectivity index (χ0v) is 29.7. The van der Waals surface area contributed by atoms with Gasteiger partial charge in [-0.2, -0.15) is 0 Å². The van der Waals surface area contributed by atoms with E-state index < -0.39 is 12.0 Å². The topological polar surface area (TPSA) is 82.4 Å². The molecule has 4 aromatic carbocycles. The molecule has 47 heavy (non-hydrogen) atoms. The molecule has 0 saturated carbocycles. The van der Waals surface area contributed by atoms with Crippen LogP contribution >= 0.6 is 33.9 Å². The Morgan fingerprint density at radius 2 is 1.81 bits per heavy atom. The molecular formula is C37H34IN3O5S. The molecule has 1 atom stereocenters. The summed E-state index contributed by atoms with van der Waals surface area (Å²) in [6, 6.07) is 25.4. The fourth-order valence-corrected chi connectivity index (χ4v) is 7.57. The molecule has 0 unspecified atom stereocenters. The van der Waals surface area contributed by atoms with Crippen LogP contribution in [0.25, 0.3) is 16.8 Å². The predicted molar refractivity (Wildman–Crippen MR) is 195 cm³/mol. The van der Waals surface area contributed by atoms with Gasteiger partial charge in [-0.25, -0.2) is 9.79 Å². The molecule has 5 aromatic rings. The lowest BCUT2D eigenvalue weighted by molar-refractivity contribution is -0.139. The Morgan fingerprint density at radius 3 is 2.53 bits per heavy atom. The summed E-state index contributed by atoms with van der Waals surface area (Å²) < 4.78 is 20.4. The molecule has 10 heteroatoms. The van der Waals surface area contributed by atoms with Crippen LogP contribution in [0.5, 0.6) is 11.5 Å². The van der Waals surface area contributed by atoms with E-state index in [1.54, 1.807) is 25.5 Å². The fourth-order valence-electron chi connectivity index (χ4n) is 5.74. The van der Waals surface area contributed by atoms with E-state index in [1.807, 2.05) is 79.7 Å². The third kappa shape index (κ3) is 6.44. The van der Waals surface area contributed by atoms with Crippen LogP contribution in [0.4, 0.5) is 5.69 Å². The highest BCUT2D eigenvalue weighted by Gasteiger charge is 2.33. The van der Waals surface area contributed by atoms with E-state index in [9.17, 15) is 9.59 Å². The largest absolute Gasteiger partial charge is 0.493 e. The van der Waals surface area contributed by atoms with Crippen LogP contribution in [0, 0.1) is 3.57 Å². The lowest BCUT2D eigenvalue weighted by Gasteiger charge is -2.25. The standard InChI is InChI=1S/C37H34IN3O5S/c1-6-45-36(43)32-22(2)39-37-41(33(32)25-14-16-27(17-15-25)40(3)4)35(42)31(47-37)20-23-18-29(38)34(30(19-23)44-5)46-21-26-12-9-11-24-10-7-8-13-28(24)26/h7-20,33H,6,21H2,1-5H3/b31-20-/t33-/m0/s1. The van der Waals surface area contributed by atoms with Crippen molar-refractivity contribution in [2.45, 2.75) is 26.5 Å². The number of methoxy groups -OCH3 is 1. The number of aromatic nitrogens is 1. The van der Waals surface area contributed by atoms with Gasteiger partial charge in [0.05, 0.1) is 39.1 Å². The molecule has 0 bridgehead atoms. The van der Waals surface area contributed by atoms with Crippen molar-refractivity contribution in [1.82, 2.24) is 4.57 Å². The molecule has 240 valence electrons. The first-order valence-electron chi connectivity index (χ1n) is 15.1. The second-order valence-electron chi connectivity index (χ2n) is 11.2. The lowest BCUT2D eigenvalue weighted by atomic mass is 9.95. The number of carbonyl (C=O) groups is 1. The number of fused-ring (bicyclic) bond motifs is 2. The van der Waals surface area contributed by atoms with Gasteiger partial charge in [0.1, 0.15) is 6.61 Å². The van der Waals surface area contributed by atoms with Gasteiger partial charge in [0.2, 0.25) is 0 Å². The molecule has 0 saturated heterocycles. The summed E-state index contributed by atoms with van der Waals surface area (Å²) >= 11 is 3.52. The minimum atomic E-state index is -0.678. The average Bonchev–Trinajstić information content (AvgIpc) is 3.36. The first-order valence-corrected chi connectivity index (χ1v) is 17.0. The Labute approximate surface area is 290 Å². The zero-order chi connectivity index (χ0) is 33.2. The maximum atomic E-state index is 14.1. The third-order valence-electron chi connectivity index (χ3n) is 8.04. The van der Waals surface area contributed by atoms with Gasteiger partial charge in [0, 0.05) is 19.8 Å². The molecule has 1 aromatic heterocycles. The van der Waals surface area contributed by atoms with Crippen LogP contribution in [-0.2, 0) is 16.1 Å². The van der Waals surface area contributed by atoms with Crippen LogP contribution < -0.4 is 29.3 Å². The van der Waals surface area contributed by atoms with Crippen molar-refractivity contribution in [2.24, 2.45) is 4.99 Å². The molecule has 6 rings (SSSR count). The summed E-state index contributed by atoms with van der Waals surface area (Å²) in [5.41, 5.74) is 4.30. The van der Waals surface area contributed by atoms with Crippen molar-refractivity contribution in [3.8, 4) is 11.5 Å². The molecule has 0 N–H and O–H groups in total. The molecule has 1 aliphatic rings. The number of rotatable bonds is 9. The monoisotopic (exact) mass is 759 g/mol. The smallest absolute Gasteiger partial charge is 0.338 e. The number of hydrogen-bond acceptors (Lipinski definition) is 8. The van der Waals surface area contributed by atoms with Gasteiger partial charge in [-0.1, -0.05) is 65.9 Å². The molecule has 0 amide bonds. The molecule has 0 aliphatic carbocycles. The Hall–Kier alpha value is -4.42. The lowest BCUT2D eigenvalue weighted by Crippen LogP contribution is -2.39. The fraction of sp³-hybridized carbons (Fsp3) is 0.216. The SMILES string of the molecule is CCOC(=O)C1=C(C)N=c2s/c(=C\c3cc(I)c(OCc4cccc5ccccc45)c(OC)c3)c(=O)n2[C@H]1c1ccc(N(C)C)cc1. The van der Waals surface area contributed by atoms with Gasteiger partial charge in [0.15, 0.2) is 16.3 Å². The number of benzene rings is 4. The summed E-state index contributed by atoms with van der Waals surface area (Å²) in [6.07, 6.45) is 1.83. The highest BCUT2D eigenvalue weighted by atomic mass is 127. The van der Waals surface area contributed by atoms with Gasteiger partial charge < -0.3 is 19.1 Å². The quantitative estimate of drug-likeness (QED) is 0.131. The molecule has 1 aliphatic heterocycles. The van der Waals surface area contributed by atoms with E-state index in [0.29, 0.717) is 38.7 Å². The summed E-state index contributed by atoms with van der Waals surface area (Å²) in [5.74, 6) is 0.717. The van der Waals surface area contributed by atoms with E-state index in [4.69, 9.17) is 19.2 Å². The summed E-state index contributed by atoms with van der Waals surface area (Å²) in [6.45, 7) is 4.14. The molecule has 0 spiro atoms. The van der Waals surface area contributed by atoms with Crippen molar-refractivity contribution in [3.05, 3.63) is 130 Å². The van der Waals surface area contributed by atoms with E-state index in [-0.39, 0.29) is 12.2 Å². The normalized spacial score (nSPS) is 14.5. The highest BCUT2D eigenvalue weighted by Crippen LogP contribution is 2.36. The first kappa shape index (κ1) is 32.5. The minimum Gasteiger partial charge on any atom is -0.493 e. The molecule has 2 heterocycles. The van der Waals surface area contributed by atoms with Crippen LogP contribution in [0.3, 0.4) is 0 Å². The number of esters is 1. The highest BCUT2D eigenvalue weighted by molar-refractivity contribution is 14.1. The Morgan fingerprint density at radius 1 is 1.06 bits per heavy atom. The van der Waals surface area contributed by atoms with Crippen molar-refractivity contribution in [3.63, 3.8) is 0 Å². The number of hydrogen-bond donors (Lipinski definition) is 0. The van der Waals surface area contributed by atoms with Crippen LogP contribution in [0.15, 0.2) is 99.9 Å². The predicted octanol–water partition coefficient (Wildman–Crippen LogP) is 6.21. The number of allylic oxidation sites excluding steroid dienone is 1. The van der Waals surface area contributed by atoms with Gasteiger partial charge in [0.25, 0.3) is 5.56 Å². The van der Waals surface area contributed by atoms with E-state index >= 15 is 0 Å². The maximum Gasteiger partial charge on any atom is 0.338 e. The van der Waals surface area contributed by atoms with E-state index in [2.05, 4.69) is 46.9 Å². The second-order valence-corrected chi connectivity index (χ2v) is 13.4. The number of halogens is 1. The van der Waals surface area contributed by atoms with Crippen molar-refractivity contribution >= 4 is 62.4 Å². The number of nitrogens with zero attached hydrogens (tertiary/aromatic N) is 3. The first-order chi connectivity index (χ1) is 22.7. The number of thiazole rings is 1. The molecule has 8 nitrogen and oxygen atoms in total. The molecule has 0 radical (unpaired) electrons. The summed E-state index contributed by atoms with van der Waals surface area (Å²) in [4.78, 5) is 34.6. The molecular weight excluding hydrogens is 725 g/mol. The Kier molecular flexibility index (Phi) is 9.51. The summed E-state index contributed by atoms with van der Waals surface area (Å²) in [7, 11) is 5.53.